The summed E-state index contributed by atoms with van der Waals surface area (Å²) >= 11 is 6.08. The first-order valence-corrected chi connectivity index (χ1v) is 12.1. The molecule has 0 atom stereocenters. The van der Waals surface area contributed by atoms with Crippen molar-refractivity contribution in [1.29, 1.82) is 0 Å². The first-order chi connectivity index (χ1) is 15.7. The van der Waals surface area contributed by atoms with Crippen molar-refractivity contribution >= 4 is 27.5 Å². The minimum atomic E-state index is -4.00. The first-order valence-electron chi connectivity index (χ1n) is 10.3. The first kappa shape index (κ1) is 23.3. The molecule has 1 saturated heterocycles. The number of benzene rings is 2. The second-order valence-electron chi connectivity index (χ2n) is 7.52. The average Bonchev–Trinajstić information content (AvgIpc) is 3.24. The van der Waals surface area contributed by atoms with Crippen LogP contribution in [0.3, 0.4) is 0 Å². The van der Waals surface area contributed by atoms with Gasteiger partial charge in [0.2, 0.25) is 10.0 Å². The molecular weight excluding hydrogens is 474 g/mol. The van der Waals surface area contributed by atoms with E-state index in [1.807, 2.05) is 13.0 Å². The monoisotopic (exact) mass is 494 g/mol. The molecule has 174 valence electrons. The van der Waals surface area contributed by atoms with E-state index >= 15 is 0 Å². The highest BCUT2D eigenvalue weighted by Crippen LogP contribution is 2.23. The highest BCUT2D eigenvalue weighted by atomic mass is 35.5. The predicted molar refractivity (Wildman–Crippen MR) is 119 cm³/mol. The molecule has 0 aliphatic carbocycles. The normalized spacial score (nSPS) is 15.1. The Morgan fingerprint density at radius 2 is 1.79 bits per heavy atom. The topological polar surface area (TPSA) is 75.5 Å². The maximum atomic E-state index is 13.5. The number of piperazine rings is 1. The Kier molecular flexibility index (Phi) is 6.51. The molecule has 0 spiro atoms. The lowest BCUT2D eigenvalue weighted by Gasteiger charge is -2.34. The standard InChI is InChI=1S/C22H21ClF2N4O3S/c1-2-21-18(14-26-29(21)16-5-3-4-15(23)12-16)22(30)27-8-10-28(11-9-27)33(31,32)17-6-7-19(24)20(25)13-17/h3-7,12-14H,2,8-11H2,1H3. The number of carbonyl (C=O) groups excluding carboxylic acids is 1. The molecule has 33 heavy (non-hydrogen) atoms. The predicted octanol–water partition coefficient (Wildman–Crippen LogP) is 3.51. The molecule has 0 unspecified atom stereocenters. The van der Waals surface area contributed by atoms with Gasteiger partial charge in [-0.25, -0.2) is 21.9 Å². The molecule has 2 aromatic carbocycles. The molecule has 0 radical (unpaired) electrons. The third kappa shape index (κ3) is 4.50. The summed E-state index contributed by atoms with van der Waals surface area (Å²) in [6.45, 7) is 2.32. The van der Waals surface area contributed by atoms with Crippen LogP contribution in [0.1, 0.15) is 23.0 Å². The van der Waals surface area contributed by atoms with Crippen LogP contribution in [0.4, 0.5) is 8.78 Å². The van der Waals surface area contributed by atoms with E-state index in [0.29, 0.717) is 23.1 Å². The average molecular weight is 495 g/mol. The summed E-state index contributed by atoms with van der Waals surface area (Å²) in [7, 11) is -4.00. The van der Waals surface area contributed by atoms with Crippen LogP contribution >= 0.6 is 11.6 Å². The molecule has 0 N–H and O–H groups in total. The fraction of sp³-hybridized carbons (Fsp3) is 0.273. The number of hydrogen-bond acceptors (Lipinski definition) is 4. The lowest BCUT2D eigenvalue weighted by molar-refractivity contribution is 0.0696. The van der Waals surface area contributed by atoms with Crippen molar-refractivity contribution in [1.82, 2.24) is 19.0 Å². The van der Waals surface area contributed by atoms with E-state index in [4.69, 9.17) is 11.6 Å². The van der Waals surface area contributed by atoms with Gasteiger partial charge in [0.1, 0.15) is 0 Å². The van der Waals surface area contributed by atoms with E-state index < -0.39 is 21.7 Å². The summed E-state index contributed by atoms with van der Waals surface area (Å²) in [5.74, 6) is -2.59. The molecule has 1 aliphatic rings. The van der Waals surface area contributed by atoms with Crippen LogP contribution in [0.2, 0.25) is 5.02 Å². The van der Waals surface area contributed by atoms with Gasteiger partial charge in [-0.2, -0.15) is 9.40 Å². The molecule has 4 rings (SSSR count). The number of sulfonamides is 1. The maximum Gasteiger partial charge on any atom is 0.257 e. The van der Waals surface area contributed by atoms with Crippen molar-refractivity contribution in [3.05, 3.63) is 76.6 Å². The van der Waals surface area contributed by atoms with E-state index in [1.165, 1.54) is 10.5 Å². The fourth-order valence-electron chi connectivity index (χ4n) is 3.81. The van der Waals surface area contributed by atoms with Crippen molar-refractivity contribution in [2.24, 2.45) is 0 Å². The van der Waals surface area contributed by atoms with Gasteiger partial charge in [-0.3, -0.25) is 4.79 Å². The Hall–Kier alpha value is -2.82. The minimum absolute atomic E-state index is 0.0386. The molecule has 1 aliphatic heterocycles. The molecular formula is C22H21ClF2N4O3S. The Bertz CT molecular complexity index is 1300. The Morgan fingerprint density at radius 3 is 2.42 bits per heavy atom. The van der Waals surface area contributed by atoms with Gasteiger partial charge in [0.05, 0.1) is 28.0 Å². The van der Waals surface area contributed by atoms with Crippen LogP contribution in [0.5, 0.6) is 0 Å². The van der Waals surface area contributed by atoms with Crippen LogP contribution in [0, 0.1) is 11.6 Å². The second-order valence-corrected chi connectivity index (χ2v) is 9.90. The Labute approximate surface area is 195 Å². The molecule has 3 aromatic rings. The van der Waals surface area contributed by atoms with Crippen molar-refractivity contribution in [3.63, 3.8) is 0 Å². The van der Waals surface area contributed by atoms with Gasteiger partial charge in [0.25, 0.3) is 5.91 Å². The smallest absolute Gasteiger partial charge is 0.257 e. The number of nitrogens with zero attached hydrogens (tertiary/aromatic N) is 4. The summed E-state index contributed by atoms with van der Waals surface area (Å²) < 4.78 is 55.1. The van der Waals surface area contributed by atoms with E-state index in [-0.39, 0.29) is 37.0 Å². The second kappa shape index (κ2) is 9.20. The lowest BCUT2D eigenvalue weighted by atomic mass is 10.1. The molecule has 0 bridgehead atoms. The highest BCUT2D eigenvalue weighted by molar-refractivity contribution is 7.89. The quantitative estimate of drug-likeness (QED) is 0.544. The van der Waals surface area contributed by atoms with Crippen molar-refractivity contribution < 1.29 is 22.0 Å². The van der Waals surface area contributed by atoms with Gasteiger partial charge in [0.15, 0.2) is 11.6 Å². The highest BCUT2D eigenvalue weighted by Gasteiger charge is 2.32. The van der Waals surface area contributed by atoms with Crippen LogP contribution < -0.4 is 0 Å². The molecule has 7 nitrogen and oxygen atoms in total. The van der Waals surface area contributed by atoms with E-state index in [0.717, 1.165) is 23.5 Å². The van der Waals surface area contributed by atoms with E-state index in [1.54, 1.807) is 27.8 Å². The number of carbonyl (C=O) groups is 1. The van der Waals surface area contributed by atoms with Gasteiger partial charge >= 0.3 is 0 Å². The third-order valence-corrected chi connectivity index (χ3v) is 7.67. The number of hydrogen-bond donors (Lipinski definition) is 0. The summed E-state index contributed by atoms with van der Waals surface area (Å²) in [5.41, 5.74) is 1.90. The van der Waals surface area contributed by atoms with Gasteiger partial charge in [-0.1, -0.05) is 24.6 Å². The number of rotatable bonds is 5. The zero-order valence-electron chi connectivity index (χ0n) is 17.7. The van der Waals surface area contributed by atoms with Gasteiger partial charge in [-0.15, -0.1) is 0 Å². The summed E-state index contributed by atoms with van der Waals surface area (Å²) in [5, 5.41) is 4.91. The van der Waals surface area contributed by atoms with Crippen LogP contribution in [0.15, 0.2) is 53.6 Å². The zero-order valence-corrected chi connectivity index (χ0v) is 19.3. The number of amides is 1. The van der Waals surface area contributed by atoms with Crippen molar-refractivity contribution in [3.8, 4) is 5.69 Å². The molecule has 1 amide bonds. The summed E-state index contributed by atoms with van der Waals surface area (Å²) in [4.78, 5) is 14.4. The molecule has 1 fully saturated rings. The van der Waals surface area contributed by atoms with Crippen LogP contribution in [-0.2, 0) is 16.4 Å². The molecule has 2 heterocycles. The largest absolute Gasteiger partial charge is 0.336 e. The minimum Gasteiger partial charge on any atom is -0.336 e. The SMILES string of the molecule is CCc1c(C(=O)N2CCN(S(=O)(=O)c3ccc(F)c(F)c3)CC2)cnn1-c1cccc(Cl)c1. The maximum absolute atomic E-state index is 13.5. The summed E-state index contributed by atoms with van der Waals surface area (Å²) in [6, 6.07) is 9.62. The van der Waals surface area contributed by atoms with Gasteiger partial charge in [-0.05, 0) is 42.8 Å². The Balaban J connectivity index is 1.50. The van der Waals surface area contributed by atoms with Crippen molar-refractivity contribution in [2.45, 2.75) is 18.2 Å². The van der Waals surface area contributed by atoms with E-state index in [9.17, 15) is 22.0 Å². The van der Waals surface area contributed by atoms with Gasteiger partial charge in [0, 0.05) is 31.2 Å². The Morgan fingerprint density at radius 1 is 1.06 bits per heavy atom. The zero-order chi connectivity index (χ0) is 23.8. The van der Waals surface area contributed by atoms with Gasteiger partial charge < -0.3 is 4.90 Å². The van der Waals surface area contributed by atoms with Crippen LogP contribution in [0.25, 0.3) is 5.69 Å². The fourth-order valence-corrected chi connectivity index (χ4v) is 5.43. The molecule has 11 heteroatoms. The summed E-state index contributed by atoms with van der Waals surface area (Å²) in [6.07, 6.45) is 2.06. The lowest BCUT2D eigenvalue weighted by Crippen LogP contribution is -2.50. The number of aromatic nitrogens is 2. The molecule has 1 aromatic heterocycles. The number of halogens is 3. The van der Waals surface area contributed by atoms with Crippen LogP contribution in [-0.4, -0.2) is 59.5 Å². The molecule has 0 saturated carbocycles. The van der Waals surface area contributed by atoms with E-state index in [2.05, 4.69) is 5.10 Å². The van der Waals surface area contributed by atoms with Crippen molar-refractivity contribution in [2.75, 3.05) is 26.2 Å². The third-order valence-electron chi connectivity index (χ3n) is 5.54.